The van der Waals surface area contributed by atoms with Crippen LogP contribution < -0.4 is 0 Å². The summed E-state index contributed by atoms with van der Waals surface area (Å²) in [4.78, 5) is 90.4. The average molecular weight is 653 g/mol. The zero-order chi connectivity index (χ0) is 34.9. The number of carboxylic acid groups (broad SMARTS) is 4. The van der Waals surface area contributed by atoms with E-state index in [9.17, 15) is 38.4 Å². The molecule has 2 aliphatic heterocycles. The highest BCUT2D eigenvalue weighted by Crippen LogP contribution is 2.25. The first-order valence-corrected chi connectivity index (χ1v) is 13.7. The molecule has 0 fully saturated rings. The van der Waals surface area contributed by atoms with Gasteiger partial charge in [0.05, 0.1) is 44.5 Å². The number of carbonyl (C=O) groups is 8. The normalized spacial score (nSPS) is 12.7. The van der Waals surface area contributed by atoms with E-state index in [1.807, 2.05) is 0 Å². The Morgan fingerprint density at radius 2 is 0.688 bits per heavy atom. The molecule has 6 rings (SSSR count). The minimum Gasteiger partial charge on any atom is -0.478 e. The quantitative estimate of drug-likeness (QED) is 0.156. The Hall–Kier alpha value is -6.96. The second-order valence-corrected chi connectivity index (χ2v) is 10.4. The fourth-order valence-electron chi connectivity index (χ4n) is 5.09. The Kier molecular flexibility index (Phi) is 8.65. The van der Waals surface area contributed by atoms with Crippen molar-refractivity contribution in [1.29, 1.82) is 0 Å². The second kappa shape index (κ2) is 12.8. The Balaban J connectivity index is 0.000000188. The molecule has 4 aromatic carbocycles. The zero-order valence-corrected chi connectivity index (χ0v) is 24.2. The fourth-order valence-corrected chi connectivity index (χ4v) is 5.09. The monoisotopic (exact) mass is 652 g/mol. The number of hydrogen-bond acceptors (Lipinski definition) is 10. The van der Waals surface area contributed by atoms with Gasteiger partial charge in [-0.1, -0.05) is 24.3 Å². The van der Waals surface area contributed by atoms with Crippen LogP contribution in [0, 0.1) is 0 Å². The highest BCUT2D eigenvalue weighted by molar-refractivity contribution is 6.15. The molecule has 0 bridgehead atoms. The van der Waals surface area contributed by atoms with Crippen LogP contribution in [0.2, 0.25) is 0 Å². The van der Waals surface area contributed by atoms with Gasteiger partial charge in [0.25, 0.3) is 0 Å². The van der Waals surface area contributed by atoms with E-state index in [0.29, 0.717) is 17.5 Å². The summed E-state index contributed by atoms with van der Waals surface area (Å²) in [5, 5.41) is 36.2. The lowest BCUT2D eigenvalue weighted by molar-refractivity contribution is 0.0425. The molecule has 4 aromatic rings. The summed E-state index contributed by atoms with van der Waals surface area (Å²) in [6.07, 6.45) is 0.545. The van der Waals surface area contributed by atoms with E-state index in [4.69, 9.17) is 20.4 Å². The number of carbonyl (C=O) groups excluding carboxylic acids is 4. The zero-order valence-electron chi connectivity index (χ0n) is 24.2. The molecule has 0 saturated carbocycles. The lowest BCUT2D eigenvalue weighted by Gasteiger charge is -2.08. The third kappa shape index (κ3) is 6.53. The highest BCUT2D eigenvalue weighted by atomic mass is 16.6. The van der Waals surface area contributed by atoms with Gasteiger partial charge < -0.3 is 29.9 Å². The van der Waals surface area contributed by atoms with Crippen molar-refractivity contribution in [2.75, 3.05) is 0 Å². The SMILES string of the molecule is O=C(O)c1ccc(Cc2ccc(C(=O)O)c(C(=O)O)c2)cc1C(=O)O.O=C1OC(=O)c2cc(Cc3ccc4c(c3)C(=O)OC4=O)ccc21. The predicted molar refractivity (Wildman–Crippen MR) is 159 cm³/mol. The molecule has 0 aromatic heterocycles. The number of rotatable bonds is 8. The summed E-state index contributed by atoms with van der Waals surface area (Å²) < 4.78 is 9.09. The van der Waals surface area contributed by atoms with Crippen LogP contribution in [0.4, 0.5) is 0 Å². The van der Waals surface area contributed by atoms with Crippen molar-refractivity contribution >= 4 is 47.8 Å². The molecule has 0 radical (unpaired) electrons. The predicted octanol–water partition coefficient (Wildman–Crippen LogP) is 3.97. The van der Waals surface area contributed by atoms with E-state index in [-0.39, 0.29) is 50.9 Å². The molecule has 0 atom stereocenters. The molecule has 14 heteroatoms. The van der Waals surface area contributed by atoms with Crippen molar-refractivity contribution in [3.05, 3.63) is 140 Å². The van der Waals surface area contributed by atoms with Crippen LogP contribution in [0.5, 0.6) is 0 Å². The van der Waals surface area contributed by atoms with E-state index < -0.39 is 47.8 Å². The number of fused-ring (bicyclic) bond motifs is 2. The number of aromatic carboxylic acids is 4. The Morgan fingerprint density at radius 1 is 0.396 bits per heavy atom. The van der Waals surface area contributed by atoms with Gasteiger partial charge in [0.15, 0.2) is 0 Å². The Bertz CT molecular complexity index is 1980. The van der Waals surface area contributed by atoms with Crippen LogP contribution in [0.25, 0.3) is 0 Å². The van der Waals surface area contributed by atoms with E-state index >= 15 is 0 Å². The fraction of sp³-hybridized carbons (Fsp3) is 0.0588. The van der Waals surface area contributed by atoms with Gasteiger partial charge in [0, 0.05) is 0 Å². The largest absolute Gasteiger partial charge is 0.478 e. The van der Waals surface area contributed by atoms with Crippen LogP contribution in [0.3, 0.4) is 0 Å². The van der Waals surface area contributed by atoms with Crippen LogP contribution in [0.15, 0.2) is 72.8 Å². The molecular formula is C34H20O14. The molecule has 4 N–H and O–H groups in total. The van der Waals surface area contributed by atoms with Gasteiger partial charge in [0.2, 0.25) is 0 Å². The van der Waals surface area contributed by atoms with E-state index in [1.54, 1.807) is 36.4 Å². The van der Waals surface area contributed by atoms with Crippen molar-refractivity contribution in [3.63, 3.8) is 0 Å². The van der Waals surface area contributed by atoms with E-state index in [1.165, 1.54) is 24.3 Å². The number of hydrogen-bond donors (Lipinski definition) is 4. The van der Waals surface area contributed by atoms with Crippen molar-refractivity contribution in [3.8, 4) is 0 Å². The van der Waals surface area contributed by atoms with E-state index in [2.05, 4.69) is 9.47 Å². The molecule has 0 amide bonds. The molecule has 2 aliphatic rings. The summed E-state index contributed by atoms with van der Waals surface area (Å²) in [6, 6.07) is 17.3. The summed E-state index contributed by atoms with van der Waals surface area (Å²) in [5.41, 5.74) is 1.96. The molecular weight excluding hydrogens is 632 g/mol. The van der Waals surface area contributed by atoms with Crippen molar-refractivity contribution in [2.24, 2.45) is 0 Å². The molecule has 240 valence electrons. The second-order valence-electron chi connectivity index (χ2n) is 10.4. The van der Waals surface area contributed by atoms with Crippen molar-refractivity contribution < 1.29 is 68.3 Å². The Labute approximate surface area is 268 Å². The smallest absolute Gasteiger partial charge is 0.346 e. The summed E-state index contributed by atoms with van der Waals surface area (Å²) in [7, 11) is 0. The average Bonchev–Trinajstić information content (AvgIpc) is 3.48. The maximum Gasteiger partial charge on any atom is 0.346 e. The molecule has 48 heavy (non-hydrogen) atoms. The summed E-state index contributed by atoms with van der Waals surface area (Å²) in [5.74, 6) is -8.14. The van der Waals surface area contributed by atoms with Crippen LogP contribution in [-0.2, 0) is 22.3 Å². The summed E-state index contributed by atoms with van der Waals surface area (Å²) >= 11 is 0. The highest BCUT2D eigenvalue weighted by Gasteiger charge is 2.31. The maximum absolute atomic E-state index is 11.6. The number of carboxylic acids is 4. The third-order valence-corrected chi connectivity index (χ3v) is 7.32. The van der Waals surface area contributed by atoms with Crippen LogP contribution in [0.1, 0.15) is 105 Å². The minimum absolute atomic E-state index is 0.111. The molecule has 2 heterocycles. The molecule has 0 saturated heterocycles. The lowest BCUT2D eigenvalue weighted by Crippen LogP contribution is -2.10. The van der Waals surface area contributed by atoms with Gasteiger partial charge in [-0.3, -0.25) is 0 Å². The van der Waals surface area contributed by atoms with Gasteiger partial charge in [-0.15, -0.1) is 0 Å². The van der Waals surface area contributed by atoms with Gasteiger partial charge in [-0.05, 0) is 83.6 Å². The van der Waals surface area contributed by atoms with Gasteiger partial charge in [0.1, 0.15) is 0 Å². The molecule has 0 aliphatic carbocycles. The first-order chi connectivity index (χ1) is 22.7. The first kappa shape index (κ1) is 32.4. The minimum atomic E-state index is -1.40. The van der Waals surface area contributed by atoms with Crippen LogP contribution in [-0.4, -0.2) is 68.2 Å². The van der Waals surface area contributed by atoms with E-state index in [0.717, 1.165) is 23.3 Å². The maximum atomic E-state index is 11.6. The number of esters is 4. The standard InChI is InChI=1S/C17H12O8.C17H8O6/c18-14(19)10-3-1-8(6-12(10)16(22)23)5-9-2-4-11(15(20)21)13(7-9)17(24)25;18-14-10-3-1-8(6-12(10)16(20)22-14)5-9-2-4-11-13(7-9)17(21)23-15(11)19/h1-4,6-7H,5H2,(H,18,19)(H,20,21)(H,22,23)(H,24,25);1-4,6-7H,5H2. The lowest BCUT2D eigenvalue weighted by atomic mass is 9.96. The first-order valence-electron chi connectivity index (χ1n) is 13.7. The van der Waals surface area contributed by atoms with Crippen molar-refractivity contribution in [1.82, 2.24) is 0 Å². The van der Waals surface area contributed by atoms with Gasteiger partial charge >= 0.3 is 47.8 Å². The summed E-state index contributed by atoms with van der Waals surface area (Å²) in [6.45, 7) is 0. The number of ether oxygens (including phenoxy) is 2. The molecule has 0 unspecified atom stereocenters. The topological polar surface area (TPSA) is 236 Å². The van der Waals surface area contributed by atoms with Crippen molar-refractivity contribution in [2.45, 2.75) is 12.8 Å². The van der Waals surface area contributed by atoms with Gasteiger partial charge in [-0.2, -0.15) is 0 Å². The Morgan fingerprint density at radius 3 is 1.02 bits per heavy atom. The third-order valence-electron chi connectivity index (χ3n) is 7.32. The molecule has 14 nitrogen and oxygen atoms in total. The van der Waals surface area contributed by atoms with Gasteiger partial charge in [-0.25, -0.2) is 38.4 Å². The number of cyclic esters (lactones) is 4. The van der Waals surface area contributed by atoms with Crippen LogP contribution >= 0.6 is 0 Å². The molecule has 0 spiro atoms. The number of benzene rings is 4.